The van der Waals surface area contributed by atoms with Gasteiger partial charge < -0.3 is 5.73 Å². The van der Waals surface area contributed by atoms with Crippen molar-refractivity contribution < 1.29 is 0 Å². The van der Waals surface area contributed by atoms with Crippen molar-refractivity contribution in [2.24, 2.45) is 5.73 Å². The molecule has 0 saturated carbocycles. The van der Waals surface area contributed by atoms with Crippen LogP contribution in [0, 0.1) is 5.41 Å². The van der Waals surface area contributed by atoms with Gasteiger partial charge in [-0.15, -0.1) is 17.0 Å². The molecule has 0 radical (unpaired) electrons. The van der Waals surface area contributed by atoms with E-state index in [-0.39, 0.29) is 22.1 Å². The van der Waals surface area contributed by atoms with Crippen LogP contribution in [0.15, 0.2) is 24.3 Å². The Bertz CT molecular complexity index is 293. The minimum atomic E-state index is 0. The Hall–Kier alpha value is -0.190. The van der Waals surface area contributed by atoms with Gasteiger partial charge in [-0.25, -0.2) is 0 Å². The molecular formula is C8H10BrClN2S. The maximum Gasteiger partial charge on any atom is 0.151 e. The van der Waals surface area contributed by atoms with Gasteiger partial charge in [-0.2, -0.15) is 0 Å². The van der Waals surface area contributed by atoms with Crippen molar-refractivity contribution in [3.63, 3.8) is 0 Å². The number of nitrogens with two attached hydrogens (primary N) is 1. The summed E-state index contributed by atoms with van der Waals surface area (Å²) >= 11 is 7.16. The lowest BCUT2D eigenvalue weighted by atomic mass is 10.2. The van der Waals surface area contributed by atoms with Crippen molar-refractivity contribution in [2.75, 3.05) is 0 Å². The first kappa shape index (κ1) is 12.8. The molecule has 13 heavy (non-hydrogen) atoms. The van der Waals surface area contributed by atoms with E-state index in [1.54, 1.807) is 0 Å². The molecule has 72 valence electrons. The number of rotatable bonds is 2. The predicted octanol–water partition coefficient (Wildman–Crippen LogP) is 3.04. The van der Waals surface area contributed by atoms with E-state index in [9.17, 15) is 0 Å². The Morgan fingerprint density at radius 1 is 1.46 bits per heavy atom. The second-order valence-corrected chi connectivity index (χ2v) is 3.67. The van der Waals surface area contributed by atoms with Crippen LogP contribution in [0.4, 0.5) is 0 Å². The van der Waals surface area contributed by atoms with Gasteiger partial charge in [-0.1, -0.05) is 41.6 Å². The molecule has 1 aromatic carbocycles. The van der Waals surface area contributed by atoms with Crippen molar-refractivity contribution >= 4 is 45.5 Å². The van der Waals surface area contributed by atoms with Crippen LogP contribution in [0.25, 0.3) is 0 Å². The molecule has 0 spiro atoms. The minimum Gasteiger partial charge on any atom is -0.379 e. The molecule has 0 atom stereocenters. The van der Waals surface area contributed by atoms with Gasteiger partial charge in [0.05, 0.1) is 0 Å². The van der Waals surface area contributed by atoms with E-state index in [1.165, 1.54) is 11.8 Å². The number of benzene rings is 1. The van der Waals surface area contributed by atoms with E-state index < -0.39 is 0 Å². The zero-order chi connectivity index (χ0) is 8.97. The highest BCUT2D eigenvalue weighted by atomic mass is 79.9. The molecule has 0 unspecified atom stereocenters. The number of thioether (sulfide) groups is 1. The summed E-state index contributed by atoms with van der Waals surface area (Å²) in [6, 6.07) is 7.56. The van der Waals surface area contributed by atoms with Crippen LogP contribution >= 0.6 is 40.3 Å². The second kappa shape index (κ2) is 6.29. The number of nitrogens with one attached hydrogen (secondary N) is 1. The molecule has 0 heterocycles. The minimum absolute atomic E-state index is 0. The lowest BCUT2D eigenvalue weighted by molar-refractivity contribution is 1.42. The molecule has 5 heteroatoms. The van der Waals surface area contributed by atoms with Crippen LogP contribution in [0.3, 0.4) is 0 Å². The maximum absolute atomic E-state index is 7.01. The molecular weight excluding hydrogens is 272 g/mol. The number of hydrogen-bond acceptors (Lipinski definition) is 2. The quantitative estimate of drug-likeness (QED) is 0.646. The average molecular weight is 282 g/mol. The van der Waals surface area contributed by atoms with Gasteiger partial charge in [-0.05, 0) is 11.6 Å². The largest absolute Gasteiger partial charge is 0.379 e. The molecule has 1 rings (SSSR count). The molecule has 0 amide bonds. The van der Waals surface area contributed by atoms with E-state index >= 15 is 0 Å². The van der Waals surface area contributed by atoms with Gasteiger partial charge >= 0.3 is 0 Å². The fraction of sp³-hybridized carbons (Fsp3) is 0.125. The van der Waals surface area contributed by atoms with E-state index in [0.717, 1.165) is 10.6 Å². The Kier molecular flexibility index (Phi) is 6.20. The molecule has 0 fully saturated rings. The Labute approximate surface area is 97.1 Å². The summed E-state index contributed by atoms with van der Waals surface area (Å²) in [4.78, 5) is 0. The summed E-state index contributed by atoms with van der Waals surface area (Å²) < 4.78 is 0. The van der Waals surface area contributed by atoms with E-state index in [0.29, 0.717) is 5.75 Å². The van der Waals surface area contributed by atoms with Crippen molar-refractivity contribution in [3.05, 3.63) is 34.9 Å². The third-order valence-electron chi connectivity index (χ3n) is 1.34. The molecule has 0 aliphatic carbocycles. The van der Waals surface area contributed by atoms with Crippen molar-refractivity contribution in [1.29, 1.82) is 5.41 Å². The summed E-state index contributed by atoms with van der Waals surface area (Å²) in [5.41, 5.74) is 6.21. The molecule has 0 aromatic heterocycles. The first-order chi connectivity index (χ1) is 5.70. The monoisotopic (exact) mass is 280 g/mol. The summed E-state index contributed by atoms with van der Waals surface area (Å²) in [6.45, 7) is 0. The Morgan fingerprint density at radius 2 is 2.08 bits per heavy atom. The molecule has 3 N–H and O–H groups in total. The van der Waals surface area contributed by atoms with Gasteiger partial charge in [0.1, 0.15) is 0 Å². The zero-order valence-electron chi connectivity index (χ0n) is 6.79. The van der Waals surface area contributed by atoms with E-state index in [4.69, 9.17) is 22.7 Å². The molecule has 0 saturated heterocycles. The highest BCUT2D eigenvalue weighted by Gasteiger charge is 1.99. The van der Waals surface area contributed by atoms with Gasteiger partial charge in [0.2, 0.25) is 0 Å². The highest BCUT2D eigenvalue weighted by Crippen LogP contribution is 2.19. The normalized spacial score (nSPS) is 9.00. The number of amidine groups is 1. The maximum atomic E-state index is 7.01. The van der Waals surface area contributed by atoms with Gasteiger partial charge in [-0.3, -0.25) is 5.41 Å². The van der Waals surface area contributed by atoms with Crippen LogP contribution in [-0.4, -0.2) is 5.17 Å². The second-order valence-electron chi connectivity index (χ2n) is 2.24. The Morgan fingerprint density at radius 3 is 2.62 bits per heavy atom. The predicted molar refractivity (Wildman–Crippen MR) is 65.0 cm³/mol. The average Bonchev–Trinajstić information content (AvgIpc) is 2.03. The van der Waals surface area contributed by atoms with Crippen LogP contribution in [-0.2, 0) is 5.75 Å². The summed E-state index contributed by atoms with van der Waals surface area (Å²) in [5.74, 6) is 0.662. The fourth-order valence-electron chi connectivity index (χ4n) is 0.771. The number of halogens is 2. The van der Waals surface area contributed by atoms with Crippen molar-refractivity contribution in [3.8, 4) is 0 Å². The third-order valence-corrected chi connectivity index (χ3v) is 2.48. The standard InChI is InChI=1S/C8H9ClN2S.BrH/c9-7-4-2-1-3-6(7)5-12-8(10)11;/h1-4H,5H2,(H3,10,11);1H. The SMILES string of the molecule is Br.N=C(N)SCc1ccccc1Cl. The first-order valence-corrected chi connectivity index (χ1v) is 4.76. The topological polar surface area (TPSA) is 49.9 Å². The number of hydrogen-bond donors (Lipinski definition) is 2. The lowest BCUT2D eigenvalue weighted by Gasteiger charge is -2.01. The van der Waals surface area contributed by atoms with E-state index in [2.05, 4.69) is 0 Å². The molecule has 0 aliphatic rings. The van der Waals surface area contributed by atoms with Gasteiger partial charge in [0, 0.05) is 10.8 Å². The zero-order valence-corrected chi connectivity index (χ0v) is 10.1. The first-order valence-electron chi connectivity index (χ1n) is 3.40. The fourth-order valence-corrected chi connectivity index (χ4v) is 1.62. The molecule has 2 nitrogen and oxygen atoms in total. The van der Waals surface area contributed by atoms with Crippen LogP contribution in [0.2, 0.25) is 5.02 Å². The van der Waals surface area contributed by atoms with Crippen LogP contribution < -0.4 is 5.73 Å². The third kappa shape index (κ3) is 4.55. The molecule has 0 aliphatic heterocycles. The molecule has 1 aromatic rings. The van der Waals surface area contributed by atoms with Gasteiger partial charge in [0.25, 0.3) is 0 Å². The van der Waals surface area contributed by atoms with Crippen LogP contribution in [0.5, 0.6) is 0 Å². The lowest BCUT2D eigenvalue weighted by Crippen LogP contribution is -2.03. The summed E-state index contributed by atoms with van der Waals surface area (Å²) in [5, 5.41) is 7.86. The molecule has 0 bridgehead atoms. The van der Waals surface area contributed by atoms with Gasteiger partial charge in [0.15, 0.2) is 5.17 Å². The van der Waals surface area contributed by atoms with Crippen LogP contribution in [0.1, 0.15) is 5.56 Å². The summed E-state index contributed by atoms with van der Waals surface area (Å²) in [6.07, 6.45) is 0. The smallest absolute Gasteiger partial charge is 0.151 e. The van der Waals surface area contributed by atoms with E-state index in [1.807, 2.05) is 24.3 Å². The Balaban J connectivity index is 0.00000144. The van der Waals surface area contributed by atoms with Crippen molar-refractivity contribution in [1.82, 2.24) is 0 Å². The highest BCUT2D eigenvalue weighted by molar-refractivity contribution is 8.93. The van der Waals surface area contributed by atoms with Crippen molar-refractivity contribution in [2.45, 2.75) is 5.75 Å². The summed E-state index contributed by atoms with van der Waals surface area (Å²) in [7, 11) is 0.